The molecule has 0 radical (unpaired) electrons. The summed E-state index contributed by atoms with van der Waals surface area (Å²) >= 11 is 3.95. The average molecular weight is 558 g/mol. The fourth-order valence-electron chi connectivity index (χ4n) is 4.05. The molecule has 0 aliphatic carbocycles. The Kier molecular flexibility index (Phi) is 7.04. The number of thiophene rings is 1. The van der Waals surface area contributed by atoms with E-state index in [4.69, 9.17) is 0 Å². The van der Waals surface area contributed by atoms with Gasteiger partial charge in [0, 0.05) is 22.1 Å². The number of hydrogen-bond donors (Lipinski definition) is 3. The van der Waals surface area contributed by atoms with Crippen LogP contribution in [0.3, 0.4) is 0 Å². The van der Waals surface area contributed by atoms with E-state index in [0.29, 0.717) is 17.0 Å². The number of fused-ring (bicyclic) bond motifs is 1. The minimum atomic E-state index is -1.25. The molecule has 0 saturated carbocycles. The molecular formula is C23H19N5O6S3. The number of amides is 2. The van der Waals surface area contributed by atoms with E-state index < -0.39 is 29.3 Å². The first-order chi connectivity index (χ1) is 17.8. The summed E-state index contributed by atoms with van der Waals surface area (Å²) in [6, 6.07) is 11.6. The zero-order chi connectivity index (χ0) is 26.1. The quantitative estimate of drug-likeness (QED) is 0.263. The van der Waals surface area contributed by atoms with Crippen molar-refractivity contribution in [3.8, 4) is 5.69 Å². The zero-order valence-corrected chi connectivity index (χ0v) is 21.4. The third kappa shape index (κ3) is 4.86. The molecule has 1 saturated heterocycles. The van der Waals surface area contributed by atoms with E-state index >= 15 is 0 Å². The number of aromatic nitrogens is 3. The van der Waals surface area contributed by atoms with E-state index in [1.54, 1.807) is 30.3 Å². The van der Waals surface area contributed by atoms with E-state index in [-0.39, 0.29) is 34.8 Å². The largest absolute Gasteiger partial charge is 0.477 e. The maximum absolute atomic E-state index is 12.9. The summed E-state index contributed by atoms with van der Waals surface area (Å²) in [5.41, 5.74) is 0.932. The van der Waals surface area contributed by atoms with E-state index in [1.165, 1.54) is 32.6 Å². The highest BCUT2D eigenvalue weighted by molar-refractivity contribution is 8.01. The van der Waals surface area contributed by atoms with Gasteiger partial charge in [-0.05, 0) is 29.2 Å². The summed E-state index contributed by atoms with van der Waals surface area (Å²) in [7, 11) is 0. The number of carboxylic acid groups (broad SMARTS) is 2. The van der Waals surface area contributed by atoms with Gasteiger partial charge in [-0.1, -0.05) is 36.0 Å². The first kappa shape index (κ1) is 25.0. The summed E-state index contributed by atoms with van der Waals surface area (Å²) < 4.78 is 1.39. The van der Waals surface area contributed by atoms with Crippen molar-refractivity contribution in [1.82, 2.24) is 25.0 Å². The van der Waals surface area contributed by atoms with Gasteiger partial charge >= 0.3 is 11.9 Å². The number of carboxylic acids is 2. The molecule has 2 aromatic heterocycles. The number of carbonyl (C=O) groups is 4. The molecule has 37 heavy (non-hydrogen) atoms. The molecule has 2 aliphatic rings. The summed E-state index contributed by atoms with van der Waals surface area (Å²) in [5, 5.41) is 31.6. The van der Waals surface area contributed by atoms with Crippen molar-refractivity contribution >= 4 is 58.6 Å². The second kappa shape index (κ2) is 10.4. The minimum absolute atomic E-state index is 0.116. The summed E-state index contributed by atoms with van der Waals surface area (Å²) in [6.07, 6.45) is 0.156. The second-order valence-corrected chi connectivity index (χ2v) is 11.1. The van der Waals surface area contributed by atoms with Crippen LogP contribution in [0.4, 0.5) is 0 Å². The zero-order valence-electron chi connectivity index (χ0n) is 18.9. The minimum Gasteiger partial charge on any atom is -0.477 e. The number of nitrogens with zero attached hydrogens (tertiary/aromatic N) is 4. The number of hydrogen-bond acceptors (Lipinski definition) is 9. The van der Waals surface area contributed by atoms with Crippen LogP contribution >= 0.6 is 34.9 Å². The number of aromatic carboxylic acids is 1. The number of para-hydroxylation sites is 1. The van der Waals surface area contributed by atoms with Gasteiger partial charge in [-0.3, -0.25) is 19.1 Å². The lowest BCUT2D eigenvalue weighted by molar-refractivity contribution is -0.150. The van der Waals surface area contributed by atoms with Crippen LogP contribution < -0.4 is 5.32 Å². The van der Waals surface area contributed by atoms with Gasteiger partial charge in [-0.2, -0.15) is 0 Å². The number of carbonyl (C=O) groups excluding carboxylic acids is 2. The lowest BCUT2D eigenvalue weighted by Crippen LogP contribution is -2.70. The molecule has 1 unspecified atom stereocenters. The Morgan fingerprint density at radius 3 is 2.54 bits per heavy atom. The van der Waals surface area contributed by atoms with Gasteiger partial charge in [0.2, 0.25) is 11.7 Å². The van der Waals surface area contributed by atoms with Crippen LogP contribution in [-0.2, 0) is 20.8 Å². The van der Waals surface area contributed by atoms with Gasteiger partial charge in [-0.25, -0.2) is 9.59 Å². The smallest absolute Gasteiger partial charge is 0.374 e. The van der Waals surface area contributed by atoms with Crippen molar-refractivity contribution in [2.24, 2.45) is 0 Å². The number of β-lactam (4-membered cyclic amide) rings is 1. The predicted octanol–water partition coefficient (Wildman–Crippen LogP) is 2.10. The molecule has 2 aliphatic heterocycles. The summed E-state index contributed by atoms with van der Waals surface area (Å²) in [6.45, 7) is 0. The monoisotopic (exact) mass is 557 g/mol. The van der Waals surface area contributed by atoms with Crippen LogP contribution in [0.15, 0.2) is 64.3 Å². The van der Waals surface area contributed by atoms with Gasteiger partial charge in [0.25, 0.3) is 5.91 Å². The summed E-state index contributed by atoms with van der Waals surface area (Å²) in [5.74, 6) is -3.04. The highest BCUT2D eigenvalue weighted by Gasteiger charge is 2.54. The number of aliphatic carboxylic acids is 1. The van der Waals surface area contributed by atoms with Crippen LogP contribution in [0.5, 0.6) is 0 Å². The van der Waals surface area contributed by atoms with Crippen molar-refractivity contribution in [2.45, 2.75) is 23.0 Å². The topological polar surface area (TPSA) is 155 Å². The first-order valence-corrected chi connectivity index (χ1v) is 13.8. The number of nitrogens with one attached hydrogen (secondary N) is 1. The molecule has 14 heteroatoms. The normalized spacial score (nSPS) is 18.8. The van der Waals surface area contributed by atoms with Crippen LogP contribution in [-0.4, -0.2) is 76.6 Å². The molecule has 4 heterocycles. The van der Waals surface area contributed by atoms with Crippen molar-refractivity contribution in [2.75, 3.05) is 11.5 Å². The van der Waals surface area contributed by atoms with Gasteiger partial charge in [0.05, 0.1) is 6.42 Å². The van der Waals surface area contributed by atoms with Crippen molar-refractivity contribution in [3.05, 3.63) is 69.8 Å². The van der Waals surface area contributed by atoms with E-state index in [2.05, 4.69) is 15.5 Å². The Hall–Kier alpha value is -3.62. The highest BCUT2D eigenvalue weighted by Crippen LogP contribution is 2.41. The average Bonchev–Trinajstić information content (AvgIpc) is 3.55. The SMILES string of the molecule is O=C(Cc1cccs1)NC1C(=O)N2C(C(=O)O)=C(CSc3nnc(C(=O)O)n3-c3ccccc3)CS[C@@H]12. The Morgan fingerprint density at radius 2 is 1.86 bits per heavy atom. The van der Waals surface area contributed by atoms with E-state index in [9.17, 15) is 29.4 Å². The molecule has 2 atom stereocenters. The maximum Gasteiger partial charge on any atom is 0.374 e. The standard InChI is InChI=1S/C23H19N5O6S3/c29-15(9-14-7-4-8-35-14)24-16-19(30)28-17(21(31)32)12(10-36-20(16)28)11-37-23-26-25-18(22(33)34)27(23)13-5-2-1-3-6-13/h1-8,16,20H,9-11H2,(H,24,29)(H,31,32)(H,33,34)/t16?,20-/m0/s1. The van der Waals surface area contributed by atoms with Crippen LogP contribution in [0.2, 0.25) is 0 Å². The molecule has 2 amide bonds. The fourth-order valence-corrected chi connectivity index (χ4v) is 7.19. The lowest BCUT2D eigenvalue weighted by Gasteiger charge is -2.49. The Labute approximate surface area is 222 Å². The van der Waals surface area contributed by atoms with E-state index in [0.717, 1.165) is 16.6 Å². The van der Waals surface area contributed by atoms with Crippen molar-refractivity contribution < 1.29 is 29.4 Å². The van der Waals surface area contributed by atoms with Gasteiger partial charge < -0.3 is 15.5 Å². The number of rotatable bonds is 9. The van der Waals surface area contributed by atoms with Crippen molar-refractivity contribution in [1.29, 1.82) is 0 Å². The Balaban J connectivity index is 1.33. The maximum atomic E-state index is 12.9. The van der Waals surface area contributed by atoms with E-state index in [1.807, 2.05) is 17.5 Å². The molecule has 1 aromatic carbocycles. The fraction of sp³-hybridized carbons (Fsp3) is 0.217. The third-order valence-corrected chi connectivity index (χ3v) is 8.93. The second-order valence-electron chi connectivity index (χ2n) is 8.04. The molecular weight excluding hydrogens is 538 g/mol. The molecule has 0 spiro atoms. The predicted molar refractivity (Wildman–Crippen MR) is 137 cm³/mol. The van der Waals surface area contributed by atoms with Gasteiger partial charge in [-0.15, -0.1) is 33.3 Å². The highest BCUT2D eigenvalue weighted by atomic mass is 32.2. The lowest BCUT2D eigenvalue weighted by atomic mass is 10.0. The van der Waals surface area contributed by atoms with Gasteiger partial charge in [0.1, 0.15) is 17.1 Å². The number of benzene rings is 1. The van der Waals surface area contributed by atoms with Crippen molar-refractivity contribution in [3.63, 3.8) is 0 Å². The van der Waals surface area contributed by atoms with Gasteiger partial charge in [0.15, 0.2) is 5.16 Å². The molecule has 0 bridgehead atoms. The Morgan fingerprint density at radius 1 is 1.08 bits per heavy atom. The Bertz CT molecular complexity index is 1410. The summed E-state index contributed by atoms with van der Waals surface area (Å²) in [4.78, 5) is 51.2. The van der Waals surface area contributed by atoms with Crippen LogP contribution in [0.1, 0.15) is 15.5 Å². The molecule has 3 aromatic rings. The number of thioether (sulfide) groups is 2. The van der Waals surface area contributed by atoms with Crippen LogP contribution in [0, 0.1) is 0 Å². The third-order valence-electron chi connectivity index (χ3n) is 5.70. The molecule has 190 valence electrons. The molecule has 5 rings (SSSR count). The molecule has 3 N–H and O–H groups in total. The molecule has 11 nitrogen and oxygen atoms in total. The molecule has 1 fully saturated rings. The first-order valence-electron chi connectivity index (χ1n) is 10.9. The van der Waals surface area contributed by atoms with Crippen LogP contribution in [0.25, 0.3) is 5.69 Å².